The van der Waals surface area contributed by atoms with Gasteiger partial charge in [-0.1, -0.05) is 13.8 Å². The molecule has 0 aromatic rings. The van der Waals surface area contributed by atoms with E-state index in [9.17, 15) is 13.5 Å². The molecule has 1 heterocycles. The van der Waals surface area contributed by atoms with E-state index in [1.165, 1.54) is 0 Å². The summed E-state index contributed by atoms with van der Waals surface area (Å²) in [6.07, 6.45) is 3.70. The lowest BCUT2D eigenvalue weighted by atomic mass is 9.94. The summed E-state index contributed by atoms with van der Waals surface area (Å²) in [4.78, 5) is 0. The van der Waals surface area contributed by atoms with Crippen molar-refractivity contribution in [2.75, 3.05) is 13.1 Å². The highest BCUT2D eigenvalue weighted by Crippen LogP contribution is 2.24. The van der Waals surface area contributed by atoms with Crippen molar-refractivity contribution in [1.82, 2.24) is 9.03 Å². The number of hydrogen-bond acceptors (Lipinski definition) is 3. The van der Waals surface area contributed by atoms with Gasteiger partial charge in [0.05, 0.1) is 6.10 Å². The molecule has 5 nitrogen and oxygen atoms in total. The fourth-order valence-corrected chi connectivity index (χ4v) is 4.99. The van der Waals surface area contributed by atoms with Crippen LogP contribution in [0, 0.1) is 11.8 Å². The number of rotatable bonds is 3. The van der Waals surface area contributed by atoms with Gasteiger partial charge in [-0.2, -0.15) is 17.4 Å². The summed E-state index contributed by atoms with van der Waals surface area (Å²) < 4.78 is 29.2. The molecule has 19 heavy (non-hydrogen) atoms. The normalized spacial score (nSPS) is 38.3. The van der Waals surface area contributed by atoms with Gasteiger partial charge in [0.15, 0.2) is 0 Å². The average molecular weight is 290 g/mol. The van der Waals surface area contributed by atoms with E-state index < -0.39 is 10.2 Å². The van der Waals surface area contributed by atoms with Gasteiger partial charge in [0.25, 0.3) is 10.2 Å². The molecule has 6 heteroatoms. The Labute approximate surface area is 116 Å². The zero-order valence-electron chi connectivity index (χ0n) is 11.9. The molecule has 1 saturated carbocycles. The second-order valence-corrected chi connectivity index (χ2v) is 8.09. The first-order valence-electron chi connectivity index (χ1n) is 7.32. The Morgan fingerprint density at radius 1 is 1.05 bits per heavy atom. The van der Waals surface area contributed by atoms with Crippen LogP contribution >= 0.6 is 0 Å². The lowest BCUT2D eigenvalue weighted by Gasteiger charge is -2.35. The van der Waals surface area contributed by atoms with Crippen molar-refractivity contribution in [3.05, 3.63) is 0 Å². The highest BCUT2D eigenvalue weighted by atomic mass is 32.2. The molecule has 2 rings (SSSR count). The molecule has 2 fully saturated rings. The van der Waals surface area contributed by atoms with E-state index in [4.69, 9.17) is 0 Å². The molecule has 1 aliphatic heterocycles. The monoisotopic (exact) mass is 290 g/mol. The van der Waals surface area contributed by atoms with Crippen LogP contribution in [-0.2, 0) is 10.2 Å². The minimum atomic E-state index is -3.36. The Morgan fingerprint density at radius 2 is 1.58 bits per heavy atom. The van der Waals surface area contributed by atoms with Gasteiger partial charge in [0.2, 0.25) is 0 Å². The van der Waals surface area contributed by atoms with Crippen molar-refractivity contribution < 1.29 is 13.5 Å². The summed E-state index contributed by atoms with van der Waals surface area (Å²) >= 11 is 0. The predicted octanol–water partition coefficient (Wildman–Crippen LogP) is 1.10. The maximum Gasteiger partial charge on any atom is 0.279 e. The fourth-order valence-electron chi connectivity index (χ4n) is 3.28. The van der Waals surface area contributed by atoms with E-state index in [0.717, 1.165) is 19.3 Å². The molecule has 0 spiro atoms. The summed E-state index contributed by atoms with van der Waals surface area (Å²) in [7, 11) is -3.36. The van der Waals surface area contributed by atoms with Crippen molar-refractivity contribution in [1.29, 1.82) is 0 Å². The maximum absolute atomic E-state index is 12.4. The van der Waals surface area contributed by atoms with Gasteiger partial charge < -0.3 is 5.11 Å². The SMILES string of the molecule is C[C@@H]1C[C@@H](C)CN(S(=O)(=O)NC2CCC(O)CC2)C1. The van der Waals surface area contributed by atoms with Gasteiger partial charge >= 0.3 is 0 Å². The summed E-state index contributed by atoms with van der Waals surface area (Å²) in [5.41, 5.74) is 0. The second-order valence-electron chi connectivity index (χ2n) is 6.39. The van der Waals surface area contributed by atoms with E-state index in [-0.39, 0.29) is 12.1 Å². The molecule has 0 aromatic carbocycles. The van der Waals surface area contributed by atoms with Crippen molar-refractivity contribution in [2.24, 2.45) is 11.8 Å². The minimum Gasteiger partial charge on any atom is -0.393 e. The molecule has 112 valence electrons. The van der Waals surface area contributed by atoms with E-state index in [1.54, 1.807) is 4.31 Å². The Kier molecular flexibility index (Phi) is 4.87. The molecule has 2 N–H and O–H groups in total. The second kappa shape index (κ2) is 6.08. The molecule has 2 atom stereocenters. The molecular formula is C13H26N2O3S. The number of piperidine rings is 1. The lowest BCUT2D eigenvalue weighted by molar-refractivity contribution is 0.120. The highest BCUT2D eigenvalue weighted by molar-refractivity contribution is 7.87. The molecule has 0 aromatic heterocycles. The van der Waals surface area contributed by atoms with Gasteiger partial charge in [-0.3, -0.25) is 0 Å². The highest BCUT2D eigenvalue weighted by Gasteiger charge is 2.32. The Bertz CT molecular complexity index is 381. The molecule has 2 aliphatic rings. The molecule has 0 radical (unpaired) electrons. The van der Waals surface area contributed by atoms with E-state index >= 15 is 0 Å². The van der Waals surface area contributed by atoms with Gasteiger partial charge in [-0.25, -0.2) is 0 Å². The Hall–Kier alpha value is -0.170. The maximum atomic E-state index is 12.4. The third kappa shape index (κ3) is 4.15. The molecule has 0 amide bonds. The minimum absolute atomic E-state index is 0.0130. The van der Waals surface area contributed by atoms with Gasteiger partial charge in [-0.05, 0) is 43.9 Å². The quantitative estimate of drug-likeness (QED) is 0.818. The van der Waals surface area contributed by atoms with Gasteiger partial charge in [-0.15, -0.1) is 0 Å². The van der Waals surface area contributed by atoms with Crippen LogP contribution in [-0.4, -0.2) is 43.1 Å². The zero-order valence-corrected chi connectivity index (χ0v) is 12.7. The Balaban J connectivity index is 1.94. The molecule has 0 bridgehead atoms. The summed E-state index contributed by atoms with van der Waals surface area (Å²) in [5, 5.41) is 9.46. The number of nitrogens with zero attached hydrogens (tertiary/aromatic N) is 1. The first-order valence-corrected chi connectivity index (χ1v) is 8.76. The van der Waals surface area contributed by atoms with E-state index in [2.05, 4.69) is 18.6 Å². The fraction of sp³-hybridized carbons (Fsp3) is 1.00. The van der Waals surface area contributed by atoms with Crippen molar-refractivity contribution in [3.8, 4) is 0 Å². The third-order valence-corrected chi connectivity index (χ3v) is 5.80. The smallest absolute Gasteiger partial charge is 0.279 e. The summed E-state index contributed by atoms with van der Waals surface area (Å²) in [5.74, 6) is 0.849. The average Bonchev–Trinajstić information content (AvgIpc) is 2.31. The standard InChI is InChI=1S/C13H26N2O3S/c1-10-7-11(2)9-15(8-10)19(17,18)14-12-3-5-13(16)6-4-12/h10-14,16H,3-9H2,1-2H3/t10-,11-,12?,13?/m1/s1. The first-order chi connectivity index (χ1) is 8.87. The van der Waals surface area contributed by atoms with Crippen molar-refractivity contribution in [2.45, 2.75) is 58.1 Å². The molecule has 1 saturated heterocycles. The van der Waals surface area contributed by atoms with Crippen molar-refractivity contribution >= 4 is 10.2 Å². The number of aliphatic hydroxyl groups excluding tert-OH is 1. The van der Waals surface area contributed by atoms with Crippen LogP contribution in [0.25, 0.3) is 0 Å². The predicted molar refractivity (Wildman–Crippen MR) is 74.8 cm³/mol. The zero-order chi connectivity index (χ0) is 14.0. The Morgan fingerprint density at radius 3 is 2.11 bits per heavy atom. The van der Waals surface area contributed by atoms with E-state index in [0.29, 0.717) is 37.8 Å². The number of hydrogen-bond donors (Lipinski definition) is 2. The largest absolute Gasteiger partial charge is 0.393 e. The van der Waals surface area contributed by atoms with Crippen molar-refractivity contribution in [3.63, 3.8) is 0 Å². The molecule has 1 aliphatic carbocycles. The van der Waals surface area contributed by atoms with Gasteiger partial charge in [0.1, 0.15) is 0 Å². The topological polar surface area (TPSA) is 69.6 Å². The van der Waals surface area contributed by atoms with E-state index in [1.807, 2.05) is 0 Å². The summed E-state index contributed by atoms with van der Waals surface area (Å²) in [6, 6.07) is -0.0130. The van der Waals surface area contributed by atoms with Crippen LogP contribution in [0.1, 0.15) is 46.0 Å². The summed E-state index contributed by atoms with van der Waals surface area (Å²) in [6.45, 7) is 5.45. The van der Waals surface area contributed by atoms with Crippen LogP contribution < -0.4 is 4.72 Å². The lowest BCUT2D eigenvalue weighted by Crippen LogP contribution is -2.51. The number of aliphatic hydroxyl groups is 1. The molecular weight excluding hydrogens is 264 g/mol. The third-order valence-electron chi connectivity index (χ3n) is 4.19. The van der Waals surface area contributed by atoms with Crippen LogP contribution in [0.3, 0.4) is 0 Å². The number of nitrogens with one attached hydrogen (secondary N) is 1. The first kappa shape index (κ1) is 15.2. The van der Waals surface area contributed by atoms with Crippen LogP contribution in [0.15, 0.2) is 0 Å². The van der Waals surface area contributed by atoms with Crippen LogP contribution in [0.5, 0.6) is 0 Å². The van der Waals surface area contributed by atoms with Crippen LogP contribution in [0.4, 0.5) is 0 Å². The van der Waals surface area contributed by atoms with Gasteiger partial charge in [0, 0.05) is 19.1 Å². The molecule has 0 unspecified atom stereocenters. The van der Waals surface area contributed by atoms with Crippen LogP contribution in [0.2, 0.25) is 0 Å².